The zero-order valence-electron chi connectivity index (χ0n) is 27.2. The molecule has 0 aliphatic heterocycles. The smallest absolute Gasteiger partial charge is 0.395 e. The molecule has 0 aliphatic rings. The number of amidine groups is 1. The van der Waals surface area contributed by atoms with Gasteiger partial charge >= 0.3 is 6.18 Å². The van der Waals surface area contributed by atoms with E-state index in [-0.39, 0.29) is 12.2 Å². The number of aryl methyl sites for hydroxylation is 2. The second-order valence-corrected chi connectivity index (χ2v) is 10.2. The number of aromatic nitrogens is 1. The standard InChI is InChI=1S/C25H30FN3O3.C9H9F3.C2H6/c1-5-22(10-8-14-26)29(17-30)25(11-7-6-9-19(3)31)27-23-16-21(13-12-18(23)2)24-15-20(4)32-28-24;1-7(9(10,11)12)8-5-3-2-4-6-8;1-2/h5,8,12-17,22,31H,1,3,6-7,9-11H2,2,4H3;2-7H,1H3;1-2H3/b14-8+,27-25?;;. The molecule has 0 saturated heterocycles. The Morgan fingerprint density at radius 2 is 1.74 bits per heavy atom. The third-order valence-electron chi connectivity index (χ3n) is 6.80. The summed E-state index contributed by atoms with van der Waals surface area (Å²) in [6.45, 7) is 16.2. The highest BCUT2D eigenvalue weighted by Crippen LogP contribution is 2.34. The summed E-state index contributed by atoms with van der Waals surface area (Å²) >= 11 is 0. The Labute approximate surface area is 269 Å². The van der Waals surface area contributed by atoms with Gasteiger partial charge in [-0.3, -0.25) is 9.69 Å². The van der Waals surface area contributed by atoms with Crippen LogP contribution in [0.2, 0.25) is 0 Å². The minimum atomic E-state index is -4.14. The summed E-state index contributed by atoms with van der Waals surface area (Å²) in [7, 11) is 0. The highest BCUT2D eigenvalue weighted by atomic mass is 19.4. The number of carbonyl (C=O) groups is 1. The van der Waals surface area contributed by atoms with Crippen LogP contribution >= 0.6 is 0 Å². The molecule has 0 aliphatic carbocycles. The SMILES string of the molecule is C=CC(C/C=C/F)N(C=O)C(CCCCC(=C)O)=Nc1cc(-c2cc(C)on2)ccc1C.CC.CC(c1ccccc1)C(F)(F)F. The molecule has 2 aromatic carbocycles. The van der Waals surface area contributed by atoms with E-state index >= 15 is 0 Å². The Balaban J connectivity index is 0.000000629. The third-order valence-corrected chi connectivity index (χ3v) is 6.80. The van der Waals surface area contributed by atoms with E-state index in [2.05, 4.69) is 18.3 Å². The predicted molar refractivity (Wildman–Crippen MR) is 178 cm³/mol. The van der Waals surface area contributed by atoms with Crippen LogP contribution in [0.15, 0.2) is 102 Å². The van der Waals surface area contributed by atoms with Crippen molar-refractivity contribution in [1.82, 2.24) is 10.1 Å². The van der Waals surface area contributed by atoms with Gasteiger partial charge in [0.05, 0.1) is 29.7 Å². The largest absolute Gasteiger partial charge is 0.513 e. The molecule has 3 aromatic rings. The number of allylic oxidation sites excluding steroid dienone is 1. The number of hydrogen-bond donors (Lipinski definition) is 1. The third kappa shape index (κ3) is 13.3. The predicted octanol–water partition coefficient (Wildman–Crippen LogP) is 10.9. The maximum atomic E-state index is 12.6. The first-order valence-corrected chi connectivity index (χ1v) is 15.1. The fraction of sp³-hybridized carbons (Fsp3) is 0.361. The van der Waals surface area contributed by atoms with Crippen LogP contribution in [0.1, 0.15) is 75.7 Å². The van der Waals surface area contributed by atoms with Crippen molar-refractivity contribution in [2.75, 3.05) is 0 Å². The lowest BCUT2D eigenvalue weighted by molar-refractivity contribution is -0.146. The number of aliphatic hydroxyl groups is 1. The Morgan fingerprint density at radius 1 is 1.09 bits per heavy atom. The summed E-state index contributed by atoms with van der Waals surface area (Å²) in [5.41, 5.74) is 3.48. The van der Waals surface area contributed by atoms with Crippen molar-refractivity contribution in [3.63, 3.8) is 0 Å². The van der Waals surface area contributed by atoms with Gasteiger partial charge in [-0.25, -0.2) is 9.38 Å². The van der Waals surface area contributed by atoms with Gasteiger partial charge in [-0.2, -0.15) is 13.2 Å². The molecule has 3 rings (SSSR count). The topological polar surface area (TPSA) is 78.9 Å². The molecule has 0 radical (unpaired) electrons. The Bertz CT molecular complexity index is 1420. The van der Waals surface area contributed by atoms with Gasteiger partial charge in [0.15, 0.2) is 0 Å². The van der Waals surface area contributed by atoms with Crippen LogP contribution < -0.4 is 0 Å². The van der Waals surface area contributed by atoms with Gasteiger partial charge in [0, 0.05) is 24.5 Å². The van der Waals surface area contributed by atoms with Gasteiger partial charge in [-0.1, -0.05) is 80.2 Å². The van der Waals surface area contributed by atoms with Crippen molar-refractivity contribution in [3.05, 3.63) is 109 Å². The number of aliphatic hydroxyl groups excluding tert-OH is 1. The van der Waals surface area contributed by atoms with E-state index in [1.165, 1.54) is 23.1 Å². The summed E-state index contributed by atoms with van der Waals surface area (Å²) in [4.78, 5) is 18.3. The normalized spacial score (nSPS) is 12.7. The molecule has 2 atom stereocenters. The number of halogens is 4. The molecule has 250 valence electrons. The molecule has 1 amide bonds. The highest BCUT2D eigenvalue weighted by molar-refractivity contribution is 5.93. The molecular formula is C36H45F4N3O3. The average molecular weight is 644 g/mol. The quantitative estimate of drug-likeness (QED) is 0.0382. The number of rotatable bonds is 13. The maximum absolute atomic E-state index is 12.6. The second-order valence-electron chi connectivity index (χ2n) is 10.2. The Morgan fingerprint density at radius 3 is 2.26 bits per heavy atom. The molecule has 0 fully saturated rings. The lowest BCUT2D eigenvalue weighted by Gasteiger charge is -2.26. The van der Waals surface area contributed by atoms with Gasteiger partial charge < -0.3 is 9.63 Å². The second kappa shape index (κ2) is 20.5. The fourth-order valence-electron chi connectivity index (χ4n) is 4.16. The van der Waals surface area contributed by atoms with Gasteiger partial charge in [0.25, 0.3) is 0 Å². The number of unbranched alkanes of at least 4 members (excludes halogenated alkanes) is 1. The average Bonchev–Trinajstić information content (AvgIpc) is 3.48. The van der Waals surface area contributed by atoms with Crippen molar-refractivity contribution in [2.24, 2.45) is 4.99 Å². The van der Waals surface area contributed by atoms with Gasteiger partial charge in [-0.15, -0.1) is 6.58 Å². The lowest BCUT2D eigenvalue weighted by Crippen LogP contribution is -2.38. The van der Waals surface area contributed by atoms with Gasteiger partial charge in [-0.05, 0) is 57.2 Å². The van der Waals surface area contributed by atoms with Crippen LogP contribution in [0.4, 0.5) is 23.2 Å². The van der Waals surface area contributed by atoms with E-state index < -0.39 is 18.1 Å². The zero-order chi connectivity index (χ0) is 34.7. The van der Waals surface area contributed by atoms with Crippen molar-refractivity contribution < 1.29 is 32.0 Å². The van der Waals surface area contributed by atoms with Crippen molar-refractivity contribution in [2.45, 2.75) is 84.9 Å². The molecule has 1 aromatic heterocycles. The number of amides is 1. The van der Waals surface area contributed by atoms with Crippen LogP contribution in [0.25, 0.3) is 11.3 Å². The lowest BCUT2D eigenvalue weighted by atomic mass is 10.0. The summed E-state index contributed by atoms with van der Waals surface area (Å²) in [6.07, 6.45) is 2.58. The molecule has 1 heterocycles. The van der Waals surface area contributed by atoms with E-state index in [0.29, 0.717) is 67.0 Å². The fourth-order valence-corrected chi connectivity index (χ4v) is 4.16. The number of aliphatic imine (C=N–C) groups is 1. The molecule has 1 N–H and O–H groups in total. The van der Waals surface area contributed by atoms with Crippen LogP contribution in [-0.2, 0) is 4.79 Å². The first kappa shape index (κ1) is 39.6. The van der Waals surface area contributed by atoms with E-state index in [4.69, 9.17) is 9.52 Å². The van der Waals surface area contributed by atoms with E-state index in [9.17, 15) is 27.5 Å². The van der Waals surface area contributed by atoms with Crippen LogP contribution in [0.5, 0.6) is 0 Å². The van der Waals surface area contributed by atoms with Gasteiger partial charge in [0.2, 0.25) is 6.41 Å². The van der Waals surface area contributed by atoms with E-state index in [0.717, 1.165) is 18.1 Å². The van der Waals surface area contributed by atoms with Crippen LogP contribution in [0, 0.1) is 13.8 Å². The molecule has 0 saturated carbocycles. The Kier molecular flexibility index (Phi) is 17.7. The highest BCUT2D eigenvalue weighted by Gasteiger charge is 2.36. The van der Waals surface area contributed by atoms with E-state index in [1.807, 2.05) is 52.0 Å². The Hall–Kier alpha value is -4.47. The number of hydrogen-bond acceptors (Lipinski definition) is 5. The molecule has 10 heteroatoms. The number of benzene rings is 2. The summed E-state index contributed by atoms with van der Waals surface area (Å²) in [5.74, 6) is -0.00566. The van der Waals surface area contributed by atoms with Gasteiger partial charge in [0.1, 0.15) is 17.3 Å². The molecular weight excluding hydrogens is 598 g/mol. The molecule has 6 nitrogen and oxygen atoms in total. The van der Waals surface area contributed by atoms with Crippen molar-refractivity contribution >= 4 is 17.9 Å². The summed E-state index contributed by atoms with van der Waals surface area (Å²) in [6, 6.07) is 15.1. The molecule has 0 bridgehead atoms. The summed E-state index contributed by atoms with van der Waals surface area (Å²) < 4.78 is 54.2. The van der Waals surface area contributed by atoms with Crippen molar-refractivity contribution in [3.8, 4) is 11.3 Å². The van der Waals surface area contributed by atoms with E-state index in [1.54, 1.807) is 24.3 Å². The zero-order valence-corrected chi connectivity index (χ0v) is 27.2. The minimum absolute atomic E-state index is 0.124. The summed E-state index contributed by atoms with van der Waals surface area (Å²) in [5, 5.41) is 13.4. The first-order valence-electron chi connectivity index (χ1n) is 15.1. The number of alkyl halides is 3. The molecule has 2 unspecified atom stereocenters. The number of nitrogens with zero attached hydrogens (tertiary/aromatic N) is 3. The van der Waals surface area contributed by atoms with Crippen molar-refractivity contribution in [1.29, 1.82) is 0 Å². The number of carbonyl (C=O) groups excluding carboxylic acids is 1. The molecule has 0 spiro atoms. The maximum Gasteiger partial charge on any atom is 0.395 e. The van der Waals surface area contributed by atoms with Crippen LogP contribution in [-0.4, -0.2) is 39.6 Å². The minimum Gasteiger partial charge on any atom is -0.513 e. The monoisotopic (exact) mass is 643 g/mol. The van der Waals surface area contributed by atoms with Crippen LogP contribution in [0.3, 0.4) is 0 Å². The first-order chi connectivity index (χ1) is 21.9. The molecule has 46 heavy (non-hydrogen) atoms.